The van der Waals surface area contributed by atoms with Gasteiger partial charge in [-0.3, -0.25) is 0 Å². The Balaban J connectivity index is 2.25. The van der Waals surface area contributed by atoms with Crippen LogP contribution < -0.4 is 10.5 Å². The van der Waals surface area contributed by atoms with Crippen molar-refractivity contribution < 1.29 is 13.2 Å². The summed E-state index contributed by atoms with van der Waals surface area (Å²) in [6.45, 7) is 4.82. The Morgan fingerprint density at radius 3 is 2.85 bits per heavy atom. The lowest BCUT2D eigenvalue weighted by atomic mass is 10.0. The minimum absolute atomic E-state index is 0.143. The van der Waals surface area contributed by atoms with Crippen LogP contribution in [0.1, 0.15) is 38.3 Å². The Bertz CT molecular complexity index is 566. The predicted molar refractivity (Wildman–Crippen MR) is 77.8 cm³/mol. The number of sulfonamides is 1. The molecule has 0 saturated carbocycles. The van der Waals surface area contributed by atoms with Crippen LogP contribution in [0, 0.1) is 0 Å². The van der Waals surface area contributed by atoms with Gasteiger partial charge in [0.25, 0.3) is 0 Å². The second-order valence-corrected chi connectivity index (χ2v) is 7.24. The van der Waals surface area contributed by atoms with Crippen LogP contribution in [0.2, 0.25) is 0 Å². The summed E-state index contributed by atoms with van der Waals surface area (Å²) in [5, 5.41) is 0. The Hall–Kier alpha value is -0.950. The number of nitrogens with one attached hydrogen (secondary N) is 1. The van der Waals surface area contributed by atoms with E-state index in [1.54, 1.807) is 18.2 Å². The van der Waals surface area contributed by atoms with E-state index in [1.165, 1.54) is 0 Å². The van der Waals surface area contributed by atoms with Crippen molar-refractivity contribution in [2.45, 2.75) is 43.2 Å². The Morgan fingerprint density at radius 1 is 1.50 bits per heavy atom. The van der Waals surface area contributed by atoms with Gasteiger partial charge in [0.1, 0.15) is 0 Å². The third-order valence-corrected chi connectivity index (χ3v) is 5.27. The van der Waals surface area contributed by atoms with Gasteiger partial charge in [-0.1, -0.05) is 19.1 Å². The molecule has 1 heterocycles. The van der Waals surface area contributed by atoms with Gasteiger partial charge < -0.3 is 10.5 Å². The molecule has 20 heavy (non-hydrogen) atoms. The lowest BCUT2D eigenvalue weighted by Crippen LogP contribution is -2.46. The number of nitrogens with two attached hydrogens (primary N) is 1. The molecule has 0 bridgehead atoms. The van der Waals surface area contributed by atoms with Crippen molar-refractivity contribution in [1.82, 2.24) is 4.72 Å². The lowest BCUT2D eigenvalue weighted by Gasteiger charge is -2.23. The molecule has 2 unspecified atom stereocenters. The van der Waals surface area contributed by atoms with Gasteiger partial charge in [-0.25, -0.2) is 13.1 Å². The monoisotopic (exact) mass is 298 g/mol. The largest absolute Gasteiger partial charge is 0.379 e. The molecule has 6 heteroatoms. The molecule has 1 aromatic rings. The van der Waals surface area contributed by atoms with E-state index in [-0.39, 0.29) is 10.9 Å². The summed E-state index contributed by atoms with van der Waals surface area (Å²) in [6.07, 6.45) is 1.45. The highest BCUT2D eigenvalue weighted by Crippen LogP contribution is 2.23. The molecule has 0 aromatic heterocycles. The highest BCUT2D eigenvalue weighted by Gasteiger charge is 2.34. The first-order valence-corrected chi connectivity index (χ1v) is 8.32. The molecule has 2 rings (SSSR count). The van der Waals surface area contributed by atoms with Crippen molar-refractivity contribution >= 4 is 10.0 Å². The summed E-state index contributed by atoms with van der Waals surface area (Å²) in [6, 6.07) is 6.68. The van der Waals surface area contributed by atoms with Crippen molar-refractivity contribution in [3.63, 3.8) is 0 Å². The second kappa shape index (κ2) is 5.81. The lowest BCUT2D eigenvalue weighted by molar-refractivity contribution is 0.178. The van der Waals surface area contributed by atoms with E-state index in [9.17, 15) is 8.42 Å². The fraction of sp³-hybridized carbons (Fsp3) is 0.571. The Labute approximate surface area is 120 Å². The van der Waals surface area contributed by atoms with Gasteiger partial charge in [-0.05, 0) is 37.5 Å². The molecule has 2 atom stereocenters. The van der Waals surface area contributed by atoms with E-state index in [0.717, 1.165) is 12.0 Å². The van der Waals surface area contributed by atoms with Crippen LogP contribution in [0.3, 0.4) is 0 Å². The topological polar surface area (TPSA) is 81.4 Å². The quantitative estimate of drug-likeness (QED) is 0.864. The van der Waals surface area contributed by atoms with E-state index in [2.05, 4.69) is 4.72 Å². The van der Waals surface area contributed by atoms with Crippen molar-refractivity contribution in [2.24, 2.45) is 5.73 Å². The van der Waals surface area contributed by atoms with E-state index < -0.39 is 15.6 Å². The molecule has 1 saturated heterocycles. The summed E-state index contributed by atoms with van der Waals surface area (Å²) >= 11 is 0. The standard InChI is InChI=1S/C14H22N2O3S/c1-3-13(15)11-5-4-6-12(9-11)20(17,18)16-14(2)7-8-19-10-14/h4-6,9,13,16H,3,7-8,10,15H2,1-2H3. The number of ether oxygens (including phenoxy) is 1. The summed E-state index contributed by atoms with van der Waals surface area (Å²) < 4.78 is 32.9. The molecule has 0 aliphatic carbocycles. The van der Waals surface area contributed by atoms with Gasteiger partial charge in [-0.15, -0.1) is 0 Å². The zero-order valence-electron chi connectivity index (χ0n) is 11.9. The Morgan fingerprint density at radius 2 is 2.25 bits per heavy atom. The molecular formula is C14H22N2O3S. The van der Waals surface area contributed by atoms with Crippen LogP contribution in [0.15, 0.2) is 29.2 Å². The number of benzene rings is 1. The van der Waals surface area contributed by atoms with Gasteiger partial charge >= 0.3 is 0 Å². The molecule has 1 aromatic carbocycles. The van der Waals surface area contributed by atoms with Gasteiger partial charge in [0.05, 0.1) is 17.0 Å². The third kappa shape index (κ3) is 3.38. The SMILES string of the molecule is CCC(N)c1cccc(S(=O)(=O)NC2(C)CCOC2)c1. The first-order valence-electron chi connectivity index (χ1n) is 6.83. The van der Waals surface area contributed by atoms with Crippen molar-refractivity contribution in [1.29, 1.82) is 0 Å². The van der Waals surface area contributed by atoms with E-state index in [1.807, 2.05) is 19.9 Å². The molecule has 112 valence electrons. The van der Waals surface area contributed by atoms with Crippen LogP contribution in [0.5, 0.6) is 0 Å². The van der Waals surface area contributed by atoms with Crippen LogP contribution in [-0.4, -0.2) is 27.2 Å². The van der Waals surface area contributed by atoms with E-state index in [4.69, 9.17) is 10.5 Å². The number of rotatable bonds is 5. The third-order valence-electron chi connectivity index (χ3n) is 3.64. The summed E-state index contributed by atoms with van der Waals surface area (Å²) in [7, 11) is -3.55. The van der Waals surface area contributed by atoms with Crippen molar-refractivity contribution in [2.75, 3.05) is 13.2 Å². The first kappa shape index (κ1) is 15.4. The van der Waals surface area contributed by atoms with E-state index in [0.29, 0.717) is 19.6 Å². The molecule has 3 N–H and O–H groups in total. The molecular weight excluding hydrogens is 276 g/mol. The maximum atomic E-state index is 12.4. The summed E-state index contributed by atoms with van der Waals surface area (Å²) in [5.41, 5.74) is 6.27. The highest BCUT2D eigenvalue weighted by atomic mass is 32.2. The first-order chi connectivity index (χ1) is 9.36. The van der Waals surface area contributed by atoms with Crippen LogP contribution >= 0.6 is 0 Å². The Kier molecular flexibility index (Phi) is 4.49. The molecule has 0 amide bonds. The highest BCUT2D eigenvalue weighted by molar-refractivity contribution is 7.89. The predicted octanol–water partition coefficient (Wildman–Crippen LogP) is 1.55. The number of hydrogen-bond acceptors (Lipinski definition) is 4. The fourth-order valence-electron chi connectivity index (χ4n) is 2.28. The smallest absolute Gasteiger partial charge is 0.241 e. The second-order valence-electron chi connectivity index (χ2n) is 5.56. The van der Waals surface area contributed by atoms with Crippen LogP contribution in [0.25, 0.3) is 0 Å². The average molecular weight is 298 g/mol. The molecule has 0 spiro atoms. The fourth-order valence-corrected chi connectivity index (χ4v) is 3.76. The summed E-state index contributed by atoms with van der Waals surface area (Å²) in [5.74, 6) is 0. The van der Waals surface area contributed by atoms with Crippen molar-refractivity contribution in [3.8, 4) is 0 Å². The molecule has 1 fully saturated rings. The zero-order valence-corrected chi connectivity index (χ0v) is 12.7. The van der Waals surface area contributed by atoms with Gasteiger partial charge in [0.15, 0.2) is 0 Å². The minimum atomic E-state index is -3.55. The zero-order chi connectivity index (χ0) is 14.8. The van der Waals surface area contributed by atoms with Gasteiger partial charge in [0, 0.05) is 12.6 Å². The van der Waals surface area contributed by atoms with Crippen LogP contribution in [0.4, 0.5) is 0 Å². The molecule has 0 radical (unpaired) electrons. The van der Waals surface area contributed by atoms with Crippen LogP contribution in [-0.2, 0) is 14.8 Å². The molecule has 1 aliphatic heterocycles. The maximum Gasteiger partial charge on any atom is 0.241 e. The van der Waals surface area contributed by atoms with Crippen molar-refractivity contribution in [3.05, 3.63) is 29.8 Å². The normalized spacial score (nSPS) is 24.8. The minimum Gasteiger partial charge on any atom is -0.379 e. The van der Waals surface area contributed by atoms with E-state index >= 15 is 0 Å². The number of hydrogen-bond donors (Lipinski definition) is 2. The average Bonchev–Trinajstić information content (AvgIpc) is 2.83. The maximum absolute atomic E-state index is 12.4. The molecule has 5 nitrogen and oxygen atoms in total. The van der Waals surface area contributed by atoms with Gasteiger partial charge in [-0.2, -0.15) is 0 Å². The molecule has 1 aliphatic rings. The summed E-state index contributed by atoms with van der Waals surface area (Å²) in [4.78, 5) is 0.257. The van der Waals surface area contributed by atoms with Gasteiger partial charge in [0.2, 0.25) is 10.0 Å².